The summed E-state index contributed by atoms with van der Waals surface area (Å²) < 4.78 is 0. The van der Waals surface area contributed by atoms with Gasteiger partial charge in [0.15, 0.2) is 0 Å². The summed E-state index contributed by atoms with van der Waals surface area (Å²) in [6.07, 6.45) is 18.2. The first-order valence-electron chi connectivity index (χ1n) is 7.15. The van der Waals surface area contributed by atoms with E-state index in [9.17, 15) is 0 Å². The molecule has 2 aliphatic rings. The molecule has 0 N–H and O–H groups in total. The quantitative estimate of drug-likeness (QED) is 0.553. The first kappa shape index (κ1) is 11.9. The zero-order valence-electron chi connectivity index (χ0n) is 10.1. The van der Waals surface area contributed by atoms with Crippen molar-refractivity contribution in [3.63, 3.8) is 0 Å². The van der Waals surface area contributed by atoms with Gasteiger partial charge in [-0.3, -0.25) is 0 Å². The molecule has 0 nitrogen and oxygen atoms in total. The van der Waals surface area contributed by atoms with Crippen LogP contribution in [0.4, 0.5) is 0 Å². The van der Waals surface area contributed by atoms with Crippen LogP contribution in [-0.4, -0.2) is 11.3 Å². The van der Waals surface area contributed by atoms with E-state index in [2.05, 4.69) is 0 Å². The van der Waals surface area contributed by atoms with E-state index in [1.54, 1.807) is 0 Å². The Morgan fingerprint density at radius 3 is 1.33 bits per heavy atom. The van der Waals surface area contributed by atoms with E-state index in [1.807, 2.05) is 8.58 Å². The molecular formula is C14H26P. The van der Waals surface area contributed by atoms with Gasteiger partial charge in [0, 0.05) is 0 Å². The smallest absolute Gasteiger partial charge is 0.0167 e. The number of rotatable bonds is 2. The van der Waals surface area contributed by atoms with Crippen LogP contribution in [-0.2, 0) is 0 Å². The van der Waals surface area contributed by atoms with Crippen molar-refractivity contribution in [2.75, 3.05) is 0 Å². The third-order valence-electron chi connectivity index (χ3n) is 3.79. The van der Waals surface area contributed by atoms with Crippen molar-refractivity contribution >= 4 is 8.58 Å². The highest BCUT2D eigenvalue weighted by atomic mass is 31.1. The fourth-order valence-electron chi connectivity index (χ4n) is 2.64. The largest absolute Gasteiger partial charge is 0.0741 e. The highest BCUT2D eigenvalue weighted by molar-refractivity contribution is 7.40. The Balaban J connectivity index is 1.68. The predicted octanol–water partition coefficient (Wildman–Crippen LogP) is 5.38. The molecule has 2 aliphatic carbocycles. The zero-order valence-corrected chi connectivity index (χ0v) is 11.0. The van der Waals surface area contributed by atoms with E-state index in [0.717, 1.165) is 11.3 Å². The molecule has 2 saturated carbocycles. The maximum atomic E-state index is 1.83. The van der Waals surface area contributed by atoms with Gasteiger partial charge >= 0.3 is 0 Å². The predicted molar refractivity (Wildman–Crippen MR) is 69.9 cm³/mol. The van der Waals surface area contributed by atoms with Gasteiger partial charge in [0.2, 0.25) is 0 Å². The monoisotopic (exact) mass is 225 g/mol. The summed E-state index contributed by atoms with van der Waals surface area (Å²) in [5, 5.41) is 0. The van der Waals surface area contributed by atoms with E-state index in [4.69, 9.17) is 0 Å². The van der Waals surface area contributed by atoms with Crippen molar-refractivity contribution in [3.8, 4) is 0 Å². The second kappa shape index (κ2) is 6.89. The summed E-state index contributed by atoms with van der Waals surface area (Å²) in [4.78, 5) is 0. The lowest BCUT2D eigenvalue weighted by Gasteiger charge is -2.15. The first-order chi connectivity index (χ1) is 7.45. The molecule has 0 heterocycles. The number of hydrogen-bond donors (Lipinski definition) is 0. The SMILES string of the molecule is C1CCCCCC([P]C2CC2)CCCC1. The van der Waals surface area contributed by atoms with E-state index < -0.39 is 0 Å². The summed E-state index contributed by atoms with van der Waals surface area (Å²) in [6, 6.07) is 0. The van der Waals surface area contributed by atoms with Crippen molar-refractivity contribution in [3.05, 3.63) is 0 Å². The Labute approximate surface area is 97.4 Å². The van der Waals surface area contributed by atoms with E-state index in [0.29, 0.717) is 0 Å². The van der Waals surface area contributed by atoms with Crippen molar-refractivity contribution in [1.29, 1.82) is 0 Å². The van der Waals surface area contributed by atoms with Gasteiger partial charge in [0.05, 0.1) is 0 Å². The van der Waals surface area contributed by atoms with Crippen molar-refractivity contribution < 1.29 is 0 Å². The van der Waals surface area contributed by atoms with Crippen molar-refractivity contribution in [2.45, 2.75) is 88.4 Å². The number of hydrogen-bond acceptors (Lipinski definition) is 0. The van der Waals surface area contributed by atoms with E-state index >= 15 is 0 Å². The van der Waals surface area contributed by atoms with Gasteiger partial charge in [-0.05, 0) is 37.0 Å². The lowest BCUT2D eigenvalue weighted by atomic mass is 10.1. The molecule has 0 aliphatic heterocycles. The van der Waals surface area contributed by atoms with Crippen LogP contribution in [0.2, 0.25) is 0 Å². The average molecular weight is 225 g/mol. The molecule has 0 unspecified atom stereocenters. The van der Waals surface area contributed by atoms with Gasteiger partial charge in [-0.25, -0.2) is 0 Å². The Kier molecular flexibility index (Phi) is 5.47. The normalized spacial score (nSPS) is 28.0. The van der Waals surface area contributed by atoms with Gasteiger partial charge in [-0.2, -0.15) is 0 Å². The summed E-state index contributed by atoms with van der Waals surface area (Å²) >= 11 is 0. The molecule has 0 aromatic heterocycles. The Morgan fingerprint density at radius 1 is 0.467 bits per heavy atom. The minimum absolute atomic E-state index is 1.08. The molecular weight excluding hydrogens is 199 g/mol. The third-order valence-corrected chi connectivity index (χ3v) is 5.67. The summed E-state index contributed by atoms with van der Waals surface area (Å²) in [5.74, 6) is 0. The van der Waals surface area contributed by atoms with Gasteiger partial charge in [0.1, 0.15) is 0 Å². The molecule has 0 atom stereocenters. The van der Waals surface area contributed by atoms with Crippen molar-refractivity contribution in [1.82, 2.24) is 0 Å². The second-order valence-corrected chi connectivity index (χ2v) is 7.20. The van der Waals surface area contributed by atoms with Crippen LogP contribution in [0.5, 0.6) is 0 Å². The van der Waals surface area contributed by atoms with Gasteiger partial charge in [0.25, 0.3) is 0 Å². The van der Waals surface area contributed by atoms with Gasteiger partial charge in [-0.15, -0.1) is 0 Å². The van der Waals surface area contributed by atoms with Crippen LogP contribution in [0.15, 0.2) is 0 Å². The van der Waals surface area contributed by atoms with Crippen LogP contribution < -0.4 is 0 Å². The minimum Gasteiger partial charge on any atom is -0.0741 e. The Bertz CT molecular complexity index is 151. The van der Waals surface area contributed by atoms with Crippen LogP contribution in [0.25, 0.3) is 0 Å². The zero-order chi connectivity index (χ0) is 10.3. The fraction of sp³-hybridized carbons (Fsp3) is 1.00. The molecule has 2 rings (SSSR count). The molecule has 0 spiro atoms. The lowest BCUT2D eigenvalue weighted by molar-refractivity contribution is 0.585. The van der Waals surface area contributed by atoms with Gasteiger partial charge < -0.3 is 0 Å². The van der Waals surface area contributed by atoms with E-state index in [-0.39, 0.29) is 0 Å². The highest BCUT2D eigenvalue weighted by Crippen LogP contribution is 2.45. The standard InChI is InChI=1S/C14H26P/c1-2-4-6-8-10-13(9-7-5-3-1)15-14-11-12-14/h13-14H,1-12H2. The minimum atomic E-state index is 1.08. The maximum Gasteiger partial charge on any atom is -0.0167 e. The average Bonchev–Trinajstić information content (AvgIpc) is 3.03. The molecule has 87 valence electrons. The molecule has 0 aromatic carbocycles. The maximum absolute atomic E-state index is 1.83. The molecule has 0 aromatic rings. The van der Waals surface area contributed by atoms with Crippen LogP contribution >= 0.6 is 8.58 Å². The van der Waals surface area contributed by atoms with Crippen molar-refractivity contribution in [2.24, 2.45) is 0 Å². The topological polar surface area (TPSA) is 0 Å². The molecule has 15 heavy (non-hydrogen) atoms. The molecule has 0 bridgehead atoms. The molecule has 2 fully saturated rings. The molecule has 0 amide bonds. The van der Waals surface area contributed by atoms with E-state index in [1.165, 1.54) is 77.0 Å². The fourth-order valence-corrected chi connectivity index (χ4v) is 4.34. The Morgan fingerprint density at radius 2 is 0.867 bits per heavy atom. The third kappa shape index (κ3) is 5.34. The van der Waals surface area contributed by atoms with Crippen LogP contribution in [0.3, 0.4) is 0 Å². The van der Waals surface area contributed by atoms with Crippen LogP contribution in [0, 0.1) is 0 Å². The first-order valence-corrected chi connectivity index (χ1v) is 8.18. The van der Waals surface area contributed by atoms with Crippen LogP contribution in [0.1, 0.15) is 77.0 Å². The Hall–Kier alpha value is 0.430. The molecule has 1 heteroatoms. The highest BCUT2D eigenvalue weighted by Gasteiger charge is 2.25. The summed E-state index contributed by atoms with van der Waals surface area (Å²) in [7, 11) is 1.83. The molecule has 0 saturated heterocycles. The lowest BCUT2D eigenvalue weighted by Crippen LogP contribution is -2.02. The summed E-state index contributed by atoms with van der Waals surface area (Å²) in [6.45, 7) is 0. The summed E-state index contributed by atoms with van der Waals surface area (Å²) in [5.41, 5.74) is 2.20. The molecule has 1 radical (unpaired) electrons. The second-order valence-electron chi connectivity index (χ2n) is 5.44. The van der Waals surface area contributed by atoms with Gasteiger partial charge in [-0.1, -0.05) is 59.9 Å².